The smallest absolute Gasteiger partial charge is 0.335 e. The van der Waals surface area contributed by atoms with Crippen LogP contribution in [0.5, 0.6) is 0 Å². The molecule has 2 heterocycles. The summed E-state index contributed by atoms with van der Waals surface area (Å²) in [5, 5.41) is 9.04. The van der Waals surface area contributed by atoms with Gasteiger partial charge in [-0.3, -0.25) is 4.79 Å². The molecule has 0 unspecified atom stereocenters. The van der Waals surface area contributed by atoms with Crippen molar-refractivity contribution in [3.05, 3.63) is 70.4 Å². The Bertz CT molecular complexity index is 978. The second kappa shape index (κ2) is 8.13. The summed E-state index contributed by atoms with van der Waals surface area (Å²) >= 11 is 0. The molecule has 0 radical (unpaired) electrons. The number of carbonyl (C=O) groups excluding carboxylic acids is 1. The largest absolute Gasteiger partial charge is 0.430 e. The van der Waals surface area contributed by atoms with E-state index in [2.05, 4.69) is 25.9 Å². The van der Waals surface area contributed by atoms with Crippen molar-refractivity contribution in [3.8, 4) is 0 Å². The summed E-state index contributed by atoms with van der Waals surface area (Å²) in [7, 11) is 0. The first-order chi connectivity index (χ1) is 13.0. The molecule has 0 aliphatic carbocycles. The van der Waals surface area contributed by atoms with Gasteiger partial charge in [-0.15, -0.1) is 0 Å². The first kappa shape index (κ1) is 18.1. The van der Waals surface area contributed by atoms with Crippen LogP contribution in [0.15, 0.2) is 57.9 Å². The third kappa shape index (κ3) is 4.91. The SMILES string of the molecule is CCNc1nc(C)cc(Nc2ccc(NC(=O)c3ccc(=O)oc3)cc2)n1. The van der Waals surface area contributed by atoms with Crippen LogP contribution in [0.1, 0.15) is 23.0 Å². The molecule has 8 nitrogen and oxygen atoms in total. The second-order valence-corrected chi connectivity index (χ2v) is 5.75. The van der Waals surface area contributed by atoms with Gasteiger partial charge in [0, 0.05) is 35.7 Å². The van der Waals surface area contributed by atoms with Gasteiger partial charge in [0.2, 0.25) is 5.95 Å². The molecule has 0 atom stereocenters. The molecular weight excluding hydrogens is 346 g/mol. The predicted molar refractivity (Wildman–Crippen MR) is 104 cm³/mol. The van der Waals surface area contributed by atoms with Crippen LogP contribution in [-0.2, 0) is 0 Å². The fraction of sp³-hybridized carbons (Fsp3) is 0.158. The van der Waals surface area contributed by atoms with Gasteiger partial charge in [-0.1, -0.05) is 0 Å². The summed E-state index contributed by atoms with van der Waals surface area (Å²) in [5.74, 6) is 0.883. The Morgan fingerprint density at radius 1 is 1.07 bits per heavy atom. The van der Waals surface area contributed by atoms with Crippen molar-refractivity contribution in [3.63, 3.8) is 0 Å². The van der Waals surface area contributed by atoms with E-state index >= 15 is 0 Å². The lowest BCUT2D eigenvalue weighted by Gasteiger charge is -2.10. The standard InChI is InChI=1S/C19H19N5O3/c1-3-20-19-21-12(2)10-16(24-19)22-14-5-7-15(8-6-14)23-18(26)13-4-9-17(25)27-11-13/h4-11H,3H2,1-2H3,(H,23,26)(H2,20,21,22,24). The van der Waals surface area contributed by atoms with Gasteiger partial charge in [-0.25, -0.2) is 9.78 Å². The Hall–Kier alpha value is -3.68. The Kier molecular flexibility index (Phi) is 5.46. The summed E-state index contributed by atoms with van der Waals surface area (Å²) < 4.78 is 4.70. The highest BCUT2D eigenvalue weighted by molar-refractivity contribution is 6.03. The Balaban J connectivity index is 1.67. The van der Waals surface area contributed by atoms with Crippen LogP contribution in [0.25, 0.3) is 0 Å². The molecule has 0 fully saturated rings. The zero-order valence-corrected chi connectivity index (χ0v) is 14.9. The molecule has 0 spiro atoms. The van der Waals surface area contributed by atoms with Crippen molar-refractivity contribution < 1.29 is 9.21 Å². The summed E-state index contributed by atoms with van der Waals surface area (Å²) in [6.45, 7) is 4.62. The van der Waals surface area contributed by atoms with Gasteiger partial charge >= 0.3 is 5.63 Å². The molecule has 0 bridgehead atoms. The summed E-state index contributed by atoms with van der Waals surface area (Å²) in [6, 6.07) is 11.6. The quantitative estimate of drug-likeness (QED) is 0.615. The van der Waals surface area contributed by atoms with Gasteiger partial charge < -0.3 is 20.4 Å². The number of amides is 1. The Morgan fingerprint density at radius 2 is 1.81 bits per heavy atom. The molecule has 1 aromatic carbocycles. The maximum Gasteiger partial charge on any atom is 0.335 e. The molecule has 0 saturated heterocycles. The topological polar surface area (TPSA) is 109 Å². The van der Waals surface area contributed by atoms with Gasteiger partial charge in [0.15, 0.2) is 0 Å². The molecule has 1 amide bonds. The molecule has 138 valence electrons. The van der Waals surface area contributed by atoms with Crippen molar-refractivity contribution in [2.75, 3.05) is 22.5 Å². The van der Waals surface area contributed by atoms with E-state index in [4.69, 9.17) is 4.42 Å². The van der Waals surface area contributed by atoms with E-state index < -0.39 is 5.63 Å². The third-order valence-electron chi connectivity index (χ3n) is 3.57. The minimum Gasteiger partial charge on any atom is -0.430 e. The van der Waals surface area contributed by atoms with E-state index in [1.54, 1.807) is 12.1 Å². The predicted octanol–water partition coefficient (Wildman–Crippen LogP) is 3.17. The molecular formula is C19H19N5O3. The van der Waals surface area contributed by atoms with E-state index in [1.807, 2.05) is 32.0 Å². The monoisotopic (exact) mass is 365 g/mol. The Labute approximate surface area is 155 Å². The molecule has 0 saturated carbocycles. The molecule has 2 aromatic heterocycles. The molecule has 27 heavy (non-hydrogen) atoms. The molecule has 8 heteroatoms. The number of benzene rings is 1. The molecule has 3 rings (SSSR count). The number of aryl methyl sites for hydroxylation is 1. The maximum atomic E-state index is 12.1. The summed E-state index contributed by atoms with van der Waals surface area (Å²) in [5.41, 5.74) is 2.05. The molecule has 3 aromatic rings. The lowest BCUT2D eigenvalue weighted by molar-refractivity contribution is 0.102. The van der Waals surface area contributed by atoms with Gasteiger partial charge in [0.25, 0.3) is 5.91 Å². The van der Waals surface area contributed by atoms with Gasteiger partial charge in [-0.05, 0) is 44.2 Å². The van der Waals surface area contributed by atoms with Crippen molar-refractivity contribution in [2.45, 2.75) is 13.8 Å². The number of nitrogens with one attached hydrogen (secondary N) is 3. The number of anilines is 4. The van der Waals surface area contributed by atoms with Crippen molar-refractivity contribution in [1.82, 2.24) is 9.97 Å². The Morgan fingerprint density at radius 3 is 2.48 bits per heavy atom. The fourth-order valence-corrected chi connectivity index (χ4v) is 2.34. The van der Waals surface area contributed by atoms with Gasteiger partial charge in [0.05, 0.1) is 5.56 Å². The number of hydrogen-bond donors (Lipinski definition) is 3. The second-order valence-electron chi connectivity index (χ2n) is 5.75. The zero-order chi connectivity index (χ0) is 19.2. The highest BCUT2D eigenvalue weighted by atomic mass is 16.4. The van der Waals surface area contributed by atoms with Gasteiger partial charge in [-0.2, -0.15) is 4.98 Å². The summed E-state index contributed by atoms with van der Waals surface area (Å²) in [6.07, 6.45) is 1.13. The zero-order valence-electron chi connectivity index (χ0n) is 14.9. The first-order valence-corrected chi connectivity index (χ1v) is 8.40. The maximum absolute atomic E-state index is 12.1. The lowest BCUT2D eigenvalue weighted by atomic mass is 10.2. The fourth-order valence-electron chi connectivity index (χ4n) is 2.34. The van der Waals surface area contributed by atoms with Crippen molar-refractivity contribution in [1.29, 1.82) is 0 Å². The van der Waals surface area contributed by atoms with Crippen LogP contribution < -0.4 is 21.6 Å². The third-order valence-corrected chi connectivity index (χ3v) is 3.57. The minimum absolute atomic E-state index is 0.268. The number of rotatable bonds is 6. The lowest BCUT2D eigenvalue weighted by Crippen LogP contribution is -2.12. The van der Waals surface area contributed by atoms with Crippen LogP contribution >= 0.6 is 0 Å². The van der Waals surface area contributed by atoms with Crippen molar-refractivity contribution >= 4 is 29.0 Å². The minimum atomic E-state index is -0.501. The number of carbonyl (C=O) groups is 1. The van der Waals surface area contributed by atoms with E-state index in [9.17, 15) is 9.59 Å². The average molecular weight is 365 g/mol. The molecule has 3 N–H and O–H groups in total. The number of aromatic nitrogens is 2. The van der Waals surface area contributed by atoms with Gasteiger partial charge in [0.1, 0.15) is 12.1 Å². The van der Waals surface area contributed by atoms with E-state index in [-0.39, 0.29) is 11.5 Å². The van der Waals surface area contributed by atoms with E-state index in [0.29, 0.717) is 17.5 Å². The highest BCUT2D eigenvalue weighted by Crippen LogP contribution is 2.19. The van der Waals surface area contributed by atoms with Crippen molar-refractivity contribution in [2.24, 2.45) is 0 Å². The van der Waals surface area contributed by atoms with Crippen LogP contribution in [-0.4, -0.2) is 22.4 Å². The summed E-state index contributed by atoms with van der Waals surface area (Å²) in [4.78, 5) is 31.8. The van der Waals surface area contributed by atoms with E-state index in [1.165, 1.54) is 12.1 Å². The van der Waals surface area contributed by atoms with Crippen LogP contribution in [0, 0.1) is 6.92 Å². The number of nitrogens with zero attached hydrogens (tertiary/aromatic N) is 2. The molecule has 0 aliphatic heterocycles. The molecule has 0 aliphatic rings. The van der Waals surface area contributed by atoms with Crippen LogP contribution in [0.3, 0.4) is 0 Å². The van der Waals surface area contributed by atoms with Crippen LogP contribution in [0.2, 0.25) is 0 Å². The highest BCUT2D eigenvalue weighted by Gasteiger charge is 2.07. The normalized spacial score (nSPS) is 10.3. The average Bonchev–Trinajstić information content (AvgIpc) is 2.64. The first-order valence-electron chi connectivity index (χ1n) is 8.40. The van der Waals surface area contributed by atoms with E-state index in [0.717, 1.165) is 24.2 Å². The number of hydrogen-bond acceptors (Lipinski definition) is 7. The van der Waals surface area contributed by atoms with Crippen LogP contribution in [0.4, 0.5) is 23.1 Å².